The van der Waals surface area contributed by atoms with E-state index in [4.69, 9.17) is 4.98 Å². The zero-order chi connectivity index (χ0) is 33.7. The van der Waals surface area contributed by atoms with E-state index in [2.05, 4.69) is 185 Å². The Bertz CT molecular complexity index is 2890. The molecular weight excluding hydrogens is 619 g/mol. The van der Waals surface area contributed by atoms with Gasteiger partial charge in [-0.1, -0.05) is 127 Å². The minimum Gasteiger partial charge on any atom is -0.309 e. The SMILES string of the molecule is c1ccc(-c2c3ccccc3c(-c3ccccc3)c3cc(-c4cccc(-c5ccc6c(c5)c5cnccc5n6-c5ccccc5)n4)ccc23)cc1. The predicted molar refractivity (Wildman–Crippen MR) is 213 cm³/mol. The first-order chi connectivity index (χ1) is 25.3. The highest BCUT2D eigenvalue weighted by Gasteiger charge is 2.18. The van der Waals surface area contributed by atoms with Crippen LogP contribution in [0, 0.1) is 0 Å². The topological polar surface area (TPSA) is 30.7 Å². The van der Waals surface area contributed by atoms with Crippen LogP contribution in [0.3, 0.4) is 0 Å². The number of nitrogens with zero attached hydrogens (tertiary/aromatic N) is 3. The summed E-state index contributed by atoms with van der Waals surface area (Å²) in [6, 6.07) is 62.8. The van der Waals surface area contributed by atoms with Crippen molar-refractivity contribution in [2.24, 2.45) is 0 Å². The summed E-state index contributed by atoms with van der Waals surface area (Å²) in [4.78, 5) is 9.79. The first-order valence-corrected chi connectivity index (χ1v) is 17.3. The fraction of sp³-hybridized carbons (Fsp3) is 0. The van der Waals surface area contributed by atoms with Gasteiger partial charge in [0.15, 0.2) is 0 Å². The van der Waals surface area contributed by atoms with Gasteiger partial charge >= 0.3 is 0 Å². The lowest BCUT2D eigenvalue weighted by Crippen LogP contribution is -1.93. The Morgan fingerprint density at radius 3 is 1.55 bits per heavy atom. The molecule has 0 bridgehead atoms. The van der Waals surface area contributed by atoms with E-state index in [0.29, 0.717) is 0 Å². The zero-order valence-electron chi connectivity index (χ0n) is 27.7. The normalized spacial score (nSPS) is 11.5. The van der Waals surface area contributed by atoms with Gasteiger partial charge in [0.05, 0.1) is 22.4 Å². The molecule has 3 heteroatoms. The third-order valence-electron chi connectivity index (χ3n) is 10.1. The van der Waals surface area contributed by atoms with Crippen molar-refractivity contribution in [2.75, 3.05) is 0 Å². The van der Waals surface area contributed by atoms with Crippen LogP contribution in [0.4, 0.5) is 0 Å². The molecule has 0 unspecified atom stereocenters. The minimum atomic E-state index is 0.936. The highest BCUT2D eigenvalue weighted by Crippen LogP contribution is 2.45. The van der Waals surface area contributed by atoms with Gasteiger partial charge < -0.3 is 4.57 Å². The van der Waals surface area contributed by atoms with Crippen LogP contribution in [0.5, 0.6) is 0 Å². The summed E-state index contributed by atoms with van der Waals surface area (Å²) < 4.78 is 2.31. The molecule has 0 spiro atoms. The number of para-hydroxylation sites is 1. The standard InChI is InChI=1S/C48H31N3/c1-4-13-32(14-5-1)47-37-19-10-11-20-38(37)48(33-15-6-2-7-16-33)41-30-34(23-25-39(41)47)43-21-12-22-44(50-43)35-24-26-45-40(29-35)42-31-49-28-27-46(42)51(45)36-17-8-3-9-18-36/h1-31H. The van der Waals surface area contributed by atoms with E-state index < -0.39 is 0 Å². The summed E-state index contributed by atoms with van der Waals surface area (Å²) in [5.74, 6) is 0. The number of fused-ring (bicyclic) bond motifs is 5. The maximum atomic E-state index is 5.29. The van der Waals surface area contributed by atoms with Crippen LogP contribution >= 0.6 is 0 Å². The second kappa shape index (κ2) is 11.9. The van der Waals surface area contributed by atoms with E-state index in [1.807, 2.05) is 12.4 Å². The molecule has 10 aromatic rings. The molecule has 51 heavy (non-hydrogen) atoms. The third kappa shape index (κ3) is 4.82. The van der Waals surface area contributed by atoms with Crippen molar-refractivity contribution >= 4 is 43.4 Å². The van der Waals surface area contributed by atoms with Gasteiger partial charge in [0.2, 0.25) is 0 Å². The molecule has 0 radical (unpaired) electrons. The van der Waals surface area contributed by atoms with Crippen LogP contribution in [0.2, 0.25) is 0 Å². The van der Waals surface area contributed by atoms with Crippen molar-refractivity contribution in [3.63, 3.8) is 0 Å². The first-order valence-electron chi connectivity index (χ1n) is 17.3. The molecule has 238 valence electrons. The largest absolute Gasteiger partial charge is 0.309 e. The summed E-state index contributed by atoms with van der Waals surface area (Å²) in [7, 11) is 0. The number of hydrogen-bond acceptors (Lipinski definition) is 2. The molecule has 0 saturated carbocycles. The average molecular weight is 650 g/mol. The lowest BCUT2D eigenvalue weighted by molar-refractivity contribution is 1.17. The number of pyridine rings is 2. The summed E-state index contributed by atoms with van der Waals surface area (Å²) in [5.41, 5.74) is 12.4. The maximum absolute atomic E-state index is 5.29. The smallest absolute Gasteiger partial charge is 0.0709 e. The van der Waals surface area contributed by atoms with E-state index in [9.17, 15) is 0 Å². The van der Waals surface area contributed by atoms with Crippen LogP contribution in [-0.4, -0.2) is 14.5 Å². The van der Waals surface area contributed by atoms with Crippen molar-refractivity contribution in [1.29, 1.82) is 0 Å². The number of aromatic nitrogens is 3. The Hall–Kier alpha value is -6.84. The summed E-state index contributed by atoms with van der Waals surface area (Å²) in [5, 5.41) is 7.22. The van der Waals surface area contributed by atoms with Crippen molar-refractivity contribution < 1.29 is 0 Å². The van der Waals surface area contributed by atoms with Crippen molar-refractivity contribution in [2.45, 2.75) is 0 Å². The third-order valence-corrected chi connectivity index (χ3v) is 10.1. The Morgan fingerprint density at radius 1 is 0.353 bits per heavy atom. The first kappa shape index (κ1) is 29.1. The van der Waals surface area contributed by atoms with Crippen LogP contribution in [0.15, 0.2) is 188 Å². The summed E-state index contributed by atoms with van der Waals surface area (Å²) in [6.07, 6.45) is 3.84. The molecule has 0 saturated heterocycles. The van der Waals surface area contributed by atoms with E-state index in [1.54, 1.807) is 0 Å². The fourth-order valence-electron chi connectivity index (χ4n) is 7.81. The highest BCUT2D eigenvalue weighted by atomic mass is 15.0. The molecule has 0 aliphatic rings. The summed E-state index contributed by atoms with van der Waals surface area (Å²) >= 11 is 0. The molecule has 0 N–H and O–H groups in total. The van der Waals surface area contributed by atoms with Gasteiger partial charge in [-0.05, 0) is 92.3 Å². The Morgan fingerprint density at radius 2 is 0.882 bits per heavy atom. The predicted octanol–water partition coefficient (Wildman–Crippen LogP) is 12.5. The molecule has 0 aliphatic carbocycles. The second-order valence-electron chi connectivity index (χ2n) is 13.0. The molecule has 7 aromatic carbocycles. The average Bonchev–Trinajstić information content (AvgIpc) is 3.54. The van der Waals surface area contributed by atoms with Crippen LogP contribution in [-0.2, 0) is 0 Å². The minimum absolute atomic E-state index is 0.936. The van der Waals surface area contributed by atoms with Crippen molar-refractivity contribution in [3.8, 4) is 50.5 Å². The summed E-state index contributed by atoms with van der Waals surface area (Å²) in [6.45, 7) is 0. The Labute approximate surface area is 295 Å². The van der Waals surface area contributed by atoms with E-state index in [-0.39, 0.29) is 0 Å². The van der Waals surface area contributed by atoms with Crippen molar-refractivity contribution in [1.82, 2.24) is 14.5 Å². The maximum Gasteiger partial charge on any atom is 0.0709 e. The highest BCUT2D eigenvalue weighted by molar-refractivity contribution is 6.22. The molecule has 3 heterocycles. The molecular formula is C48H31N3. The fourth-order valence-corrected chi connectivity index (χ4v) is 7.81. The lowest BCUT2D eigenvalue weighted by Gasteiger charge is -2.18. The van der Waals surface area contributed by atoms with Gasteiger partial charge in [0.25, 0.3) is 0 Å². The molecule has 0 amide bonds. The van der Waals surface area contributed by atoms with E-state index in [1.165, 1.54) is 43.8 Å². The molecule has 3 aromatic heterocycles. The van der Waals surface area contributed by atoms with Crippen LogP contribution < -0.4 is 0 Å². The molecule has 0 fully saturated rings. The zero-order valence-corrected chi connectivity index (χ0v) is 27.7. The molecule has 0 atom stereocenters. The molecule has 3 nitrogen and oxygen atoms in total. The lowest BCUT2D eigenvalue weighted by atomic mass is 9.85. The van der Waals surface area contributed by atoms with Crippen LogP contribution in [0.1, 0.15) is 0 Å². The quantitative estimate of drug-likeness (QED) is 0.174. The van der Waals surface area contributed by atoms with Gasteiger partial charge in [0, 0.05) is 40.0 Å². The van der Waals surface area contributed by atoms with Gasteiger partial charge in [-0.3, -0.25) is 4.98 Å². The monoisotopic (exact) mass is 649 g/mol. The van der Waals surface area contributed by atoms with Gasteiger partial charge in [-0.15, -0.1) is 0 Å². The number of rotatable bonds is 5. The van der Waals surface area contributed by atoms with E-state index >= 15 is 0 Å². The van der Waals surface area contributed by atoms with E-state index in [0.717, 1.165) is 50.0 Å². The van der Waals surface area contributed by atoms with Crippen LogP contribution in [0.25, 0.3) is 93.8 Å². The molecule has 0 aliphatic heterocycles. The Kier molecular flexibility index (Phi) is 6.81. The molecule has 10 rings (SSSR count). The Balaban J connectivity index is 1.16. The second-order valence-corrected chi connectivity index (χ2v) is 13.0. The van der Waals surface area contributed by atoms with Gasteiger partial charge in [0.1, 0.15) is 0 Å². The van der Waals surface area contributed by atoms with Gasteiger partial charge in [-0.25, -0.2) is 4.98 Å². The van der Waals surface area contributed by atoms with Gasteiger partial charge in [-0.2, -0.15) is 0 Å². The number of benzene rings is 7. The van der Waals surface area contributed by atoms with Crippen molar-refractivity contribution in [3.05, 3.63) is 188 Å². The number of hydrogen-bond donors (Lipinski definition) is 0.